The van der Waals surface area contributed by atoms with Crippen LogP contribution in [0.1, 0.15) is 11.7 Å². The average molecular weight is 445 g/mol. The van der Waals surface area contributed by atoms with Gasteiger partial charge >= 0.3 is 0 Å². The minimum absolute atomic E-state index is 0. The zero-order valence-electron chi connectivity index (χ0n) is 14.2. The van der Waals surface area contributed by atoms with Crippen LogP contribution in [0.3, 0.4) is 0 Å². The highest BCUT2D eigenvalue weighted by Gasteiger charge is 2.07. The minimum atomic E-state index is 0. The Kier molecular flexibility index (Phi) is 9.13. The van der Waals surface area contributed by atoms with Crippen LogP contribution in [-0.4, -0.2) is 54.8 Å². The van der Waals surface area contributed by atoms with E-state index >= 15 is 0 Å². The average Bonchev–Trinajstić information content (AvgIpc) is 2.98. The van der Waals surface area contributed by atoms with Crippen LogP contribution in [-0.2, 0) is 6.42 Å². The Morgan fingerprint density at radius 1 is 1.33 bits per heavy atom. The van der Waals surface area contributed by atoms with Gasteiger partial charge in [0.2, 0.25) is 5.89 Å². The predicted octanol–water partition coefficient (Wildman–Crippen LogP) is 2.12. The first kappa shape index (κ1) is 20.2. The van der Waals surface area contributed by atoms with Crippen LogP contribution in [0.4, 0.5) is 0 Å². The molecule has 1 heterocycles. The lowest BCUT2D eigenvalue weighted by molar-refractivity contribution is 0.281. The second kappa shape index (κ2) is 10.8. The monoisotopic (exact) mass is 445 g/mol. The highest BCUT2D eigenvalue weighted by molar-refractivity contribution is 14.0. The molecule has 0 atom stereocenters. The zero-order chi connectivity index (χ0) is 16.5. The quantitative estimate of drug-likeness (QED) is 0.400. The third kappa shape index (κ3) is 6.73. The SMILES string of the molecule is CN=C(NCCc1nc(C)no1)N(C)CCOc1ccccc1.I. The van der Waals surface area contributed by atoms with Crippen LogP contribution >= 0.6 is 24.0 Å². The summed E-state index contributed by atoms with van der Waals surface area (Å²) >= 11 is 0. The molecule has 2 aromatic rings. The van der Waals surface area contributed by atoms with E-state index in [4.69, 9.17) is 9.26 Å². The Labute approximate surface area is 159 Å². The van der Waals surface area contributed by atoms with E-state index in [9.17, 15) is 0 Å². The van der Waals surface area contributed by atoms with E-state index in [1.807, 2.05) is 42.3 Å². The maximum atomic E-state index is 5.69. The van der Waals surface area contributed by atoms with Crippen LogP contribution in [0.25, 0.3) is 0 Å². The third-order valence-corrected chi connectivity index (χ3v) is 3.20. The number of hydrogen-bond donors (Lipinski definition) is 1. The van der Waals surface area contributed by atoms with Gasteiger partial charge in [-0.25, -0.2) is 0 Å². The molecule has 0 bridgehead atoms. The van der Waals surface area contributed by atoms with Crippen LogP contribution in [0.5, 0.6) is 5.75 Å². The molecule has 1 aromatic heterocycles. The number of nitrogens with one attached hydrogen (secondary N) is 1. The van der Waals surface area contributed by atoms with Gasteiger partial charge in [-0.3, -0.25) is 4.99 Å². The van der Waals surface area contributed by atoms with Crippen LogP contribution in [0, 0.1) is 6.92 Å². The minimum Gasteiger partial charge on any atom is -0.492 e. The number of likely N-dealkylation sites (N-methyl/N-ethyl adjacent to an activating group) is 1. The smallest absolute Gasteiger partial charge is 0.228 e. The second-order valence-electron chi connectivity index (χ2n) is 5.04. The van der Waals surface area contributed by atoms with E-state index in [2.05, 4.69) is 20.4 Å². The van der Waals surface area contributed by atoms with Crippen LogP contribution < -0.4 is 10.1 Å². The molecule has 0 spiro atoms. The van der Waals surface area contributed by atoms with Gasteiger partial charge in [0.15, 0.2) is 11.8 Å². The number of ether oxygens (including phenoxy) is 1. The van der Waals surface area contributed by atoms with Crippen molar-refractivity contribution >= 4 is 29.9 Å². The van der Waals surface area contributed by atoms with Gasteiger partial charge in [-0.05, 0) is 19.1 Å². The molecule has 2 rings (SSSR count). The Bertz CT molecular complexity index is 618. The number of nitrogens with zero attached hydrogens (tertiary/aromatic N) is 4. The third-order valence-electron chi connectivity index (χ3n) is 3.20. The van der Waals surface area contributed by atoms with Crippen molar-refractivity contribution in [2.45, 2.75) is 13.3 Å². The maximum Gasteiger partial charge on any atom is 0.228 e. The van der Waals surface area contributed by atoms with Gasteiger partial charge in [0, 0.05) is 27.1 Å². The predicted molar refractivity (Wildman–Crippen MR) is 104 cm³/mol. The Morgan fingerprint density at radius 2 is 2.08 bits per heavy atom. The molecule has 0 unspecified atom stereocenters. The summed E-state index contributed by atoms with van der Waals surface area (Å²) in [4.78, 5) is 10.4. The number of guanidine groups is 1. The van der Waals surface area contributed by atoms with Gasteiger partial charge in [-0.15, -0.1) is 24.0 Å². The summed E-state index contributed by atoms with van der Waals surface area (Å²) < 4.78 is 10.8. The van der Waals surface area contributed by atoms with E-state index in [-0.39, 0.29) is 24.0 Å². The van der Waals surface area contributed by atoms with Crippen molar-refractivity contribution in [3.05, 3.63) is 42.0 Å². The van der Waals surface area contributed by atoms with Crippen LogP contribution in [0.2, 0.25) is 0 Å². The molecule has 7 nitrogen and oxygen atoms in total. The fourth-order valence-electron chi connectivity index (χ4n) is 2.03. The molecular formula is C16H24IN5O2. The molecule has 0 radical (unpaired) electrons. The molecule has 0 aliphatic rings. The highest BCUT2D eigenvalue weighted by atomic mass is 127. The molecule has 0 aliphatic carbocycles. The van der Waals surface area contributed by atoms with E-state index in [1.54, 1.807) is 14.0 Å². The number of hydrogen-bond acceptors (Lipinski definition) is 5. The van der Waals surface area contributed by atoms with E-state index in [1.165, 1.54) is 0 Å². The van der Waals surface area contributed by atoms with Crippen LogP contribution in [0.15, 0.2) is 39.8 Å². The molecule has 1 aromatic carbocycles. The van der Waals surface area contributed by atoms with Gasteiger partial charge in [0.1, 0.15) is 12.4 Å². The normalized spacial score (nSPS) is 10.9. The van der Waals surface area contributed by atoms with Crippen molar-refractivity contribution in [3.63, 3.8) is 0 Å². The summed E-state index contributed by atoms with van der Waals surface area (Å²) in [5.74, 6) is 2.95. The number of halogens is 1. The largest absolute Gasteiger partial charge is 0.492 e. The zero-order valence-corrected chi connectivity index (χ0v) is 16.6. The molecule has 0 saturated carbocycles. The molecule has 132 valence electrons. The Balaban J connectivity index is 0.00000288. The highest BCUT2D eigenvalue weighted by Crippen LogP contribution is 2.07. The molecule has 1 N–H and O–H groups in total. The van der Waals surface area contributed by atoms with Crippen molar-refractivity contribution in [3.8, 4) is 5.75 Å². The summed E-state index contributed by atoms with van der Waals surface area (Å²) in [5, 5.41) is 7.04. The van der Waals surface area contributed by atoms with Gasteiger partial charge in [-0.1, -0.05) is 23.4 Å². The van der Waals surface area contributed by atoms with Crippen molar-refractivity contribution in [1.29, 1.82) is 0 Å². The number of aryl methyl sites for hydroxylation is 1. The fourth-order valence-corrected chi connectivity index (χ4v) is 2.03. The summed E-state index contributed by atoms with van der Waals surface area (Å²) in [5.41, 5.74) is 0. The number of aliphatic imine (C=N–C) groups is 1. The first-order valence-electron chi connectivity index (χ1n) is 7.58. The van der Waals surface area contributed by atoms with Crippen molar-refractivity contribution < 1.29 is 9.26 Å². The first-order valence-corrected chi connectivity index (χ1v) is 7.58. The van der Waals surface area contributed by atoms with Gasteiger partial charge in [-0.2, -0.15) is 4.98 Å². The molecule has 0 saturated heterocycles. The fraction of sp³-hybridized carbons (Fsp3) is 0.438. The van der Waals surface area contributed by atoms with E-state index < -0.39 is 0 Å². The lowest BCUT2D eigenvalue weighted by atomic mass is 10.3. The summed E-state index contributed by atoms with van der Waals surface area (Å²) in [6, 6.07) is 9.77. The van der Waals surface area contributed by atoms with Gasteiger partial charge in [0.05, 0.1) is 6.54 Å². The summed E-state index contributed by atoms with van der Waals surface area (Å²) in [7, 11) is 3.73. The number of para-hydroxylation sites is 1. The van der Waals surface area contributed by atoms with E-state index in [0.717, 1.165) is 18.3 Å². The van der Waals surface area contributed by atoms with Gasteiger partial charge in [0.25, 0.3) is 0 Å². The first-order chi connectivity index (χ1) is 11.2. The van der Waals surface area contributed by atoms with Crippen molar-refractivity contribution in [1.82, 2.24) is 20.4 Å². The Morgan fingerprint density at radius 3 is 2.71 bits per heavy atom. The lowest BCUT2D eigenvalue weighted by Gasteiger charge is -2.21. The molecule has 0 fully saturated rings. The van der Waals surface area contributed by atoms with Gasteiger partial charge < -0.3 is 19.5 Å². The number of benzene rings is 1. The van der Waals surface area contributed by atoms with E-state index in [0.29, 0.717) is 31.3 Å². The molecule has 0 aliphatic heterocycles. The van der Waals surface area contributed by atoms with Crippen molar-refractivity contribution in [2.24, 2.45) is 4.99 Å². The molecular weight excluding hydrogens is 421 g/mol. The second-order valence-corrected chi connectivity index (χ2v) is 5.04. The molecule has 0 amide bonds. The molecule has 24 heavy (non-hydrogen) atoms. The summed E-state index contributed by atoms with van der Waals surface area (Å²) in [6.07, 6.45) is 0.661. The standard InChI is InChI=1S/C16H23N5O2.HI/c1-13-19-15(23-20-13)9-10-18-16(17-2)21(3)11-12-22-14-7-5-4-6-8-14;/h4-8H,9-12H2,1-3H3,(H,17,18);1H. The number of aromatic nitrogens is 2. The maximum absolute atomic E-state index is 5.69. The topological polar surface area (TPSA) is 75.8 Å². The van der Waals surface area contributed by atoms with Crippen molar-refractivity contribution in [2.75, 3.05) is 33.8 Å². The lowest BCUT2D eigenvalue weighted by Crippen LogP contribution is -2.41. The molecule has 8 heteroatoms. The Hall–Kier alpha value is -1.84. The number of rotatable bonds is 7. The summed E-state index contributed by atoms with van der Waals surface area (Å²) in [6.45, 7) is 3.80.